The van der Waals surface area contributed by atoms with E-state index in [1.54, 1.807) is 0 Å². The van der Waals surface area contributed by atoms with Gasteiger partial charge in [0.15, 0.2) is 0 Å². The lowest BCUT2D eigenvalue weighted by atomic mass is 10.2. The van der Waals surface area contributed by atoms with Crippen molar-refractivity contribution in [2.75, 3.05) is 13.1 Å². The van der Waals surface area contributed by atoms with Crippen molar-refractivity contribution in [2.45, 2.75) is 58.6 Å². The summed E-state index contributed by atoms with van der Waals surface area (Å²) in [6, 6.07) is 0.653. The highest BCUT2D eigenvalue weighted by Gasteiger charge is 2.24. The van der Waals surface area contributed by atoms with E-state index in [0.717, 1.165) is 25.9 Å². The Labute approximate surface area is 92.8 Å². The average molecular weight is 213 g/mol. The van der Waals surface area contributed by atoms with Crippen molar-refractivity contribution in [3.05, 3.63) is 0 Å². The summed E-state index contributed by atoms with van der Waals surface area (Å²) in [7, 11) is 0. The highest BCUT2D eigenvalue weighted by atomic mass is 16.5. The Balaban J connectivity index is 2.38. The quantitative estimate of drug-likeness (QED) is 0.656. The minimum absolute atomic E-state index is 0.0908. The molecule has 88 valence electrons. The Morgan fingerprint density at radius 3 is 2.80 bits per heavy atom. The first-order valence-corrected chi connectivity index (χ1v) is 6.04. The van der Waals surface area contributed by atoms with Crippen LogP contribution in [-0.2, 0) is 9.53 Å². The molecule has 0 radical (unpaired) electrons. The van der Waals surface area contributed by atoms with E-state index in [1.165, 1.54) is 19.8 Å². The molecule has 0 N–H and O–H groups in total. The summed E-state index contributed by atoms with van der Waals surface area (Å²) in [6.45, 7) is 7.95. The largest absolute Gasteiger partial charge is 0.461 e. The number of ether oxygens (including phenoxy) is 1. The van der Waals surface area contributed by atoms with Crippen LogP contribution in [0, 0.1) is 0 Å². The molecule has 1 fully saturated rings. The second-order valence-electron chi connectivity index (χ2n) is 4.51. The molecule has 0 amide bonds. The van der Waals surface area contributed by atoms with E-state index in [1.807, 2.05) is 0 Å². The molecule has 0 aliphatic carbocycles. The molecule has 3 nitrogen and oxygen atoms in total. The van der Waals surface area contributed by atoms with Crippen molar-refractivity contribution in [2.24, 2.45) is 0 Å². The average Bonchev–Trinajstić information content (AvgIpc) is 2.51. The maximum atomic E-state index is 10.9. The van der Waals surface area contributed by atoms with Crippen molar-refractivity contribution < 1.29 is 9.53 Å². The third kappa shape index (κ3) is 4.20. The fraction of sp³-hybridized carbons (Fsp3) is 0.917. The van der Waals surface area contributed by atoms with Gasteiger partial charge in [0.1, 0.15) is 6.10 Å². The molecule has 0 spiro atoms. The molecular formula is C12H23NO2. The monoisotopic (exact) mass is 213 g/mol. The Morgan fingerprint density at radius 1 is 1.60 bits per heavy atom. The number of carbonyl (C=O) groups is 1. The number of esters is 1. The maximum Gasteiger partial charge on any atom is 0.302 e. The first kappa shape index (κ1) is 12.5. The van der Waals surface area contributed by atoms with E-state index in [-0.39, 0.29) is 12.1 Å². The van der Waals surface area contributed by atoms with Crippen molar-refractivity contribution in [3.63, 3.8) is 0 Å². The van der Waals surface area contributed by atoms with E-state index in [9.17, 15) is 4.79 Å². The second kappa shape index (κ2) is 6.11. The minimum atomic E-state index is -0.152. The number of carbonyl (C=O) groups excluding carboxylic acids is 1. The van der Waals surface area contributed by atoms with Crippen molar-refractivity contribution >= 4 is 5.97 Å². The molecule has 1 aliphatic heterocycles. The molecule has 1 heterocycles. The number of likely N-dealkylation sites (tertiary alicyclic amines) is 1. The van der Waals surface area contributed by atoms with Crippen LogP contribution in [0.1, 0.15) is 46.5 Å². The Bertz CT molecular complexity index is 206. The highest BCUT2D eigenvalue weighted by molar-refractivity contribution is 5.66. The van der Waals surface area contributed by atoms with Gasteiger partial charge in [-0.15, -0.1) is 0 Å². The summed E-state index contributed by atoms with van der Waals surface area (Å²) < 4.78 is 5.32. The van der Waals surface area contributed by atoms with Crippen LogP contribution in [0.25, 0.3) is 0 Å². The zero-order valence-corrected chi connectivity index (χ0v) is 10.2. The van der Waals surface area contributed by atoms with Crippen LogP contribution in [0.15, 0.2) is 0 Å². The van der Waals surface area contributed by atoms with Gasteiger partial charge in [-0.25, -0.2) is 0 Å². The summed E-state index contributed by atoms with van der Waals surface area (Å²) in [5, 5.41) is 0. The zero-order chi connectivity index (χ0) is 11.3. The van der Waals surface area contributed by atoms with Crippen molar-refractivity contribution in [1.82, 2.24) is 4.90 Å². The molecule has 1 aliphatic rings. The smallest absolute Gasteiger partial charge is 0.302 e. The SMILES string of the molecule is CCCC(CN1CCCC1C)OC(C)=O. The molecule has 0 aromatic rings. The zero-order valence-electron chi connectivity index (χ0n) is 10.2. The van der Waals surface area contributed by atoms with Crippen LogP contribution in [0.4, 0.5) is 0 Å². The lowest BCUT2D eigenvalue weighted by molar-refractivity contribution is -0.147. The number of nitrogens with zero attached hydrogens (tertiary/aromatic N) is 1. The Morgan fingerprint density at radius 2 is 2.33 bits per heavy atom. The molecule has 1 saturated heterocycles. The predicted octanol–water partition coefficient (Wildman–Crippen LogP) is 2.20. The predicted molar refractivity (Wildman–Crippen MR) is 60.7 cm³/mol. The van der Waals surface area contributed by atoms with Gasteiger partial charge in [0.25, 0.3) is 0 Å². The van der Waals surface area contributed by atoms with Gasteiger partial charge in [-0.3, -0.25) is 9.69 Å². The Hall–Kier alpha value is -0.570. The van der Waals surface area contributed by atoms with Gasteiger partial charge >= 0.3 is 5.97 Å². The standard InChI is InChI=1S/C12H23NO2/c1-4-6-12(15-11(3)14)9-13-8-5-7-10(13)2/h10,12H,4-9H2,1-3H3. The molecule has 0 aromatic carbocycles. The lowest BCUT2D eigenvalue weighted by Gasteiger charge is -2.26. The van der Waals surface area contributed by atoms with Crippen LogP contribution < -0.4 is 0 Å². The first-order chi connectivity index (χ1) is 7.13. The topological polar surface area (TPSA) is 29.5 Å². The minimum Gasteiger partial charge on any atom is -0.461 e. The normalized spacial score (nSPS) is 24.1. The van der Waals surface area contributed by atoms with Crippen LogP contribution in [0.3, 0.4) is 0 Å². The van der Waals surface area contributed by atoms with Crippen LogP contribution in [-0.4, -0.2) is 36.1 Å². The fourth-order valence-electron chi connectivity index (χ4n) is 2.27. The summed E-state index contributed by atoms with van der Waals surface area (Å²) in [5.74, 6) is -0.152. The van der Waals surface area contributed by atoms with Crippen LogP contribution in [0.2, 0.25) is 0 Å². The van der Waals surface area contributed by atoms with Crippen molar-refractivity contribution in [3.8, 4) is 0 Å². The highest BCUT2D eigenvalue weighted by Crippen LogP contribution is 2.18. The molecule has 0 bridgehead atoms. The Kier molecular flexibility index (Phi) is 5.09. The number of hydrogen-bond acceptors (Lipinski definition) is 3. The molecule has 0 saturated carbocycles. The van der Waals surface area contributed by atoms with Crippen LogP contribution in [0.5, 0.6) is 0 Å². The summed E-state index contributed by atoms with van der Waals surface area (Å²) >= 11 is 0. The maximum absolute atomic E-state index is 10.9. The van der Waals surface area contributed by atoms with E-state index in [2.05, 4.69) is 18.7 Å². The summed E-state index contributed by atoms with van der Waals surface area (Å²) in [6.07, 6.45) is 4.69. The third-order valence-corrected chi connectivity index (χ3v) is 3.07. The molecule has 2 unspecified atom stereocenters. The van der Waals surface area contributed by atoms with E-state index in [0.29, 0.717) is 6.04 Å². The summed E-state index contributed by atoms with van der Waals surface area (Å²) in [5.41, 5.74) is 0. The van der Waals surface area contributed by atoms with Gasteiger partial charge in [-0.1, -0.05) is 13.3 Å². The first-order valence-electron chi connectivity index (χ1n) is 6.04. The fourth-order valence-corrected chi connectivity index (χ4v) is 2.27. The molecule has 0 aromatic heterocycles. The second-order valence-corrected chi connectivity index (χ2v) is 4.51. The van der Waals surface area contributed by atoms with Gasteiger partial charge in [0, 0.05) is 19.5 Å². The lowest BCUT2D eigenvalue weighted by Crippen LogP contribution is -2.36. The molecule has 3 heteroatoms. The van der Waals surface area contributed by atoms with Gasteiger partial charge in [0.2, 0.25) is 0 Å². The third-order valence-electron chi connectivity index (χ3n) is 3.07. The van der Waals surface area contributed by atoms with Gasteiger partial charge in [-0.2, -0.15) is 0 Å². The summed E-state index contributed by atoms with van der Waals surface area (Å²) in [4.78, 5) is 13.4. The number of hydrogen-bond donors (Lipinski definition) is 0. The molecule has 15 heavy (non-hydrogen) atoms. The molecule has 2 atom stereocenters. The van der Waals surface area contributed by atoms with Gasteiger partial charge in [-0.05, 0) is 32.7 Å². The van der Waals surface area contributed by atoms with E-state index < -0.39 is 0 Å². The van der Waals surface area contributed by atoms with E-state index in [4.69, 9.17) is 4.74 Å². The molecular weight excluding hydrogens is 190 g/mol. The number of rotatable bonds is 5. The molecule has 1 rings (SSSR count). The van der Waals surface area contributed by atoms with E-state index >= 15 is 0 Å². The van der Waals surface area contributed by atoms with Crippen molar-refractivity contribution in [1.29, 1.82) is 0 Å². The van der Waals surface area contributed by atoms with Crippen LogP contribution >= 0.6 is 0 Å². The van der Waals surface area contributed by atoms with Gasteiger partial charge < -0.3 is 4.74 Å². The van der Waals surface area contributed by atoms with Gasteiger partial charge in [0.05, 0.1) is 0 Å².